The van der Waals surface area contributed by atoms with Gasteiger partial charge >= 0.3 is 0 Å². The van der Waals surface area contributed by atoms with Gasteiger partial charge in [-0.25, -0.2) is 0 Å². The van der Waals surface area contributed by atoms with E-state index in [1.54, 1.807) is 23.5 Å². The molecule has 0 bridgehead atoms. The van der Waals surface area contributed by atoms with Gasteiger partial charge in [0.1, 0.15) is 0 Å². The molecule has 0 aliphatic heterocycles. The Morgan fingerprint density at radius 2 is 2.21 bits per heavy atom. The minimum atomic E-state index is -0.449. The van der Waals surface area contributed by atoms with E-state index >= 15 is 0 Å². The largest absolute Gasteiger partial charge is 0.366 e. The quantitative estimate of drug-likeness (QED) is 0.812. The third-order valence-electron chi connectivity index (χ3n) is 1.82. The summed E-state index contributed by atoms with van der Waals surface area (Å²) in [6.45, 7) is 0. The van der Waals surface area contributed by atoms with Gasteiger partial charge < -0.3 is 5.73 Å². The van der Waals surface area contributed by atoms with Crippen molar-refractivity contribution in [3.63, 3.8) is 0 Å². The normalized spacial score (nSPS) is 10.0. The Balaban J connectivity index is 2.36. The Morgan fingerprint density at radius 1 is 1.36 bits per heavy atom. The van der Waals surface area contributed by atoms with Gasteiger partial charge in [-0.1, -0.05) is 6.07 Å². The predicted octanol–water partition coefficient (Wildman–Crippen LogP) is 1.91. The van der Waals surface area contributed by atoms with Crippen molar-refractivity contribution in [3.05, 3.63) is 41.4 Å². The highest BCUT2D eigenvalue weighted by molar-refractivity contribution is 7.13. The lowest BCUT2D eigenvalue weighted by Crippen LogP contribution is -2.10. The van der Waals surface area contributed by atoms with Gasteiger partial charge in [-0.3, -0.25) is 9.78 Å². The minimum Gasteiger partial charge on any atom is -0.366 e. The standard InChI is InChI=1S/C10H8N2OS/c11-10(13)7-3-4-8(12-6-7)9-2-1-5-14-9/h1-6H,(H2,11,13). The zero-order valence-corrected chi connectivity index (χ0v) is 8.12. The number of hydrogen-bond acceptors (Lipinski definition) is 3. The summed E-state index contributed by atoms with van der Waals surface area (Å²) in [4.78, 5) is 16.0. The third-order valence-corrected chi connectivity index (χ3v) is 2.71. The lowest BCUT2D eigenvalue weighted by molar-refractivity contribution is 0.1000. The molecule has 0 fully saturated rings. The first-order valence-electron chi connectivity index (χ1n) is 4.07. The molecule has 0 unspecified atom stereocenters. The predicted molar refractivity (Wildman–Crippen MR) is 56.1 cm³/mol. The van der Waals surface area contributed by atoms with Crippen LogP contribution >= 0.6 is 11.3 Å². The fourth-order valence-electron chi connectivity index (χ4n) is 1.11. The van der Waals surface area contributed by atoms with Crippen molar-refractivity contribution in [1.29, 1.82) is 0 Å². The van der Waals surface area contributed by atoms with Gasteiger partial charge in [0.05, 0.1) is 16.1 Å². The molecule has 2 aromatic rings. The van der Waals surface area contributed by atoms with Crippen molar-refractivity contribution < 1.29 is 4.79 Å². The summed E-state index contributed by atoms with van der Waals surface area (Å²) in [7, 11) is 0. The first-order chi connectivity index (χ1) is 6.77. The number of carbonyl (C=O) groups excluding carboxylic acids is 1. The highest BCUT2D eigenvalue weighted by Crippen LogP contribution is 2.22. The number of hydrogen-bond donors (Lipinski definition) is 1. The number of carbonyl (C=O) groups is 1. The molecule has 0 atom stereocenters. The van der Waals surface area contributed by atoms with Gasteiger partial charge in [-0.2, -0.15) is 0 Å². The number of nitrogens with two attached hydrogens (primary N) is 1. The van der Waals surface area contributed by atoms with Gasteiger partial charge in [-0.15, -0.1) is 11.3 Å². The van der Waals surface area contributed by atoms with Crippen molar-refractivity contribution >= 4 is 17.2 Å². The summed E-state index contributed by atoms with van der Waals surface area (Å²) < 4.78 is 0. The molecule has 14 heavy (non-hydrogen) atoms. The Labute approximate surface area is 85.2 Å². The molecule has 0 spiro atoms. The first kappa shape index (κ1) is 8.90. The maximum atomic E-state index is 10.8. The van der Waals surface area contributed by atoms with E-state index in [4.69, 9.17) is 5.73 Å². The number of nitrogens with zero attached hydrogens (tertiary/aromatic N) is 1. The zero-order valence-electron chi connectivity index (χ0n) is 7.31. The molecule has 2 heterocycles. The minimum absolute atomic E-state index is 0.435. The molecular weight excluding hydrogens is 196 g/mol. The molecule has 2 aromatic heterocycles. The summed E-state index contributed by atoms with van der Waals surface area (Å²) >= 11 is 1.61. The number of primary amides is 1. The summed E-state index contributed by atoms with van der Waals surface area (Å²) in [6.07, 6.45) is 1.50. The summed E-state index contributed by atoms with van der Waals surface area (Å²) in [5.74, 6) is -0.449. The van der Waals surface area contributed by atoms with E-state index in [9.17, 15) is 4.79 Å². The van der Waals surface area contributed by atoms with Crippen molar-refractivity contribution in [2.24, 2.45) is 5.73 Å². The van der Waals surface area contributed by atoms with Crippen LogP contribution in [-0.2, 0) is 0 Å². The highest BCUT2D eigenvalue weighted by atomic mass is 32.1. The zero-order chi connectivity index (χ0) is 9.97. The first-order valence-corrected chi connectivity index (χ1v) is 4.95. The van der Waals surface area contributed by atoms with Crippen LogP contribution in [0.4, 0.5) is 0 Å². The number of pyridine rings is 1. The van der Waals surface area contributed by atoms with E-state index in [2.05, 4.69) is 4.98 Å². The summed E-state index contributed by atoms with van der Waals surface area (Å²) in [5, 5.41) is 1.99. The van der Waals surface area contributed by atoms with Crippen molar-refractivity contribution in [2.75, 3.05) is 0 Å². The molecule has 2 N–H and O–H groups in total. The second-order valence-corrected chi connectivity index (χ2v) is 3.72. The molecule has 0 aliphatic carbocycles. The van der Waals surface area contributed by atoms with Crippen molar-refractivity contribution in [3.8, 4) is 10.6 Å². The Bertz CT molecular complexity index is 434. The highest BCUT2D eigenvalue weighted by Gasteiger charge is 2.02. The van der Waals surface area contributed by atoms with Crippen LogP contribution < -0.4 is 5.73 Å². The molecule has 0 radical (unpaired) electrons. The second-order valence-electron chi connectivity index (χ2n) is 2.77. The van der Waals surface area contributed by atoms with Crippen LogP contribution in [0.15, 0.2) is 35.8 Å². The molecule has 3 nitrogen and oxygen atoms in total. The molecular formula is C10H8N2OS. The fourth-order valence-corrected chi connectivity index (χ4v) is 1.81. The van der Waals surface area contributed by atoms with Gasteiger partial charge in [0, 0.05) is 6.20 Å². The molecule has 4 heteroatoms. The summed E-state index contributed by atoms with van der Waals surface area (Å²) in [5.41, 5.74) is 6.41. The monoisotopic (exact) mass is 204 g/mol. The lowest BCUT2D eigenvalue weighted by atomic mass is 10.2. The van der Waals surface area contributed by atoms with Gasteiger partial charge in [0.2, 0.25) is 5.91 Å². The third kappa shape index (κ3) is 1.65. The van der Waals surface area contributed by atoms with Crippen LogP contribution in [0.25, 0.3) is 10.6 Å². The molecule has 2 rings (SSSR count). The topological polar surface area (TPSA) is 56.0 Å². The van der Waals surface area contributed by atoms with Crippen LogP contribution in [0.1, 0.15) is 10.4 Å². The van der Waals surface area contributed by atoms with Crippen molar-refractivity contribution in [1.82, 2.24) is 4.98 Å². The van der Waals surface area contributed by atoms with E-state index < -0.39 is 5.91 Å². The number of rotatable bonds is 2. The van der Waals surface area contributed by atoms with E-state index in [0.717, 1.165) is 10.6 Å². The Hall–Kier alpha value is -1.68. The second kappa shape index (κ2) is 3.59. The van der Waals surface area contributed by atoms with Crippen molar-refractivity contribution in [2.45, 2.75) is 0 Å². The van der Waals surface area contributed by atoms with Crippen LogP contribution in [0.5, 0.6) is 0 Å². The number of thiophene rings is 1. The van der Waals surface area contributed by atoms with Crippen LogP contribution in [0.3, 0.4) is 0 Å². The van der Waals surface area contributed by atoms with Crippen LogP contribution in [0.2, 0.25) is 0 Å². The van der Waals surface area contributed by atoms with E-state index in [0.29, 0.717) is 5.56 Å². The number of amides is 1. The molecule has 0 saturated carbocycles. The lowest BCUT2D eigenvalue weighted by Gasteiger charge is -1.97. The maximum absolute atomic E-state index is 10.8. The average Bonchev–Trinajstić information content (AvgIpc) is 2.71. The smallest absolute Gasteiger partial charge is 0.250 e. The molecule has 0 aromatic carbocycles. The molecule has 1 amide bonds. The van der Waals surface area contributed by atoms with Gasteiger partial charge in [-0.05, 0) is 23.6 Å². The number of aromatic nitrogens is 1. The Morgan fingerprint density at radius 3 is 2.71 bits per heavy atom. The summed E-state index contributed by atoms with van der Waals surface area (Å²) in [6, 6.07) is 7.43. The van der Waals surface area contributed by atoms with Crippen LogP contribution in [0, 0.1) is 0 Å². The van der Waals surface area contributed by atoms with E-state index in [-0.39, 0.29) is 0 Å². The fraction of sp³-hybridized carbons (Fsp3) is 0. The molecule has 0 aliphatic rings. The SMILES string of the molecule is NC(=O)c1ccc(-c2cccs2)nc1. The maximum Gasteiger partial charge on any atom is 0.250 e. The van der Waals surface area contributed by atoms with Gasteiger partial charge in [0.25, 0.3) is 0 Å². The van der Waals surface area contributed by atoms with E-state index in [1.807, 2.05) is 17.5 Å². The molecule has 70 valence electrons. The van der Waals surface area contributed by atoms with Gasteiger partial charge in [0.15, 0.2) is 0 Å². The average molecular weight is 204 g/mol. The van der Waals surface area contributed by atoms with Crippen LogP contribution in [-0.4, -0.2) is 10.9 Å². The molecule has 0 saturated heterocycles. The van der Waals surface area contributed by atoms with E-state index in [1.165, 1.54) is 6.20 Å². The Kier molecular flexibility index (Phi) is 2.28.